The average Bonchev–Trinajstić information content (AvgIpc) is 0.744. The summed E-state index contributed by atoms with van der Waals surface area (Å²) in [6, 6.07) is 62.5. The second kappa shape index (κ2) is 32.2. The highest BCUT2D eigenvalue weighted by atomic mass is 19.1. The van der Waals surface area contributed by atoms with Crippen LogP contribution in [-0.2, 0) is 0 Å². The summed E-state index contributed by atoms with van der Waals surface area (Å²) in [6.45, 7) is 9.80. The minimum Gasteiger partial charge on any atom is -0.491 e. The van der Waals surface area contributed by atoms with Crippen molar-refractivity contribution in [3.8, 4) is 78.6 Å². The zero-order chi connectivity index (χ0) is 66.3. The van der Waals surface area contributed by atoms with Crippen LogP contribution in [-0.4, -0.2) is 25.2 Å². The Morgan fingerprint density at radius 3 is 1.03 bits per heavy atom. The molecule has 0 N–H and O–H groups in total. The number of carbonyl (C=O) groups is 2. The molecule has 6 nitrogen and oxygen atoms in total. The van der Waals surface area contributed by atoms with Gasteiger partial charge >= 0.3 is 11.9 Å². The molecule has 494 valence electrons. The molecule has 0 bridgehead atoms. The molecule has 0 aliphatic heterocycles. The van der Waals surface area contributed by atoms with Crippen LogP contribution in [0.25, 0.3) is 77.2 Å². The van der Waals surface area contributed by atoms with Crippen LogP contribution in [0.15, 0.2) is 194 Å². The van der Waals surface area contributed by atoms with Gasteiger partial charge in [-0.1, -0.05) is 213 Å². The number of hydrogen-bond donors (Lipinski definition) is 0. The van der Waals surface area contributed by atoms with Crippen molar-refractivity contribution in [3.63, 3.8) is 0 Å². The van der Waals surface area contributed by atoms with E-state index in [1.165, 1.54) is 100 Å². The molecule has 0 heterocycles. The molecule has 0 amide bonds. The molecule has 0 radical (unpaired) electrons. The lowest BCUT2D eigenvalue weighted by molar-refractivity contribution is 0.0723. The minimum absolute atomic E-state index is 0.218. The summed E-state index contributed by atoms with van der Waals surface area (Å²) in [5.74, 6) is 1.71. The SMILES string of the molecule is CCCCCCOc1ccc(-c2ccc(C(=O)Oc3ccc4cc(-c5ccc([C@H]6CC[C@H](CCC)CC6)cc5)ccc4c3-c3c(OC(=O)c4ccc(-c5ccc(OCCCCCC)c(F)c5)cc4)ccc4cc(-c5ccc([C@H]6CC[C@H](CCC)CC6)cc5)ccc34)cc2)cc1F. The fourth-order valence-corrected chi connectivity index (χ4v) is 14.9. The molecule has 96 heavy (non-hydrogen) atoms. The summed E-state index contributed by atoms with van der Waals surface area (Å²) >= 11 is 0. The fourth-order valence-electron chi connectivity index (χ4n) is 14.9. The first-order valence-corrected chi connectivity index (χ1v) is 35.9. The molecule has 2 aliphatic carbocycles. The molecule has 0 atom stereocenters. The third-order valence-electron chi connectivity index (χ3n) is 20.4. The summed E-state index contributed by atoms with van der Waals surface area (Å²) in [5, 5.41) is 3.36. The lowest BCUT2D eigenvalue weighted by Gasteiger charge is -2.28. The lowest BCUT2D eigenvalue weighted by Crippen LogP contribution is -2.13. The average molecular weight is 1280 g/mol. The van der Waals surface area contributed by atoms with Crippen LogP contribution in [0.5, 0.6) is 23.0 Å². The van der Waals surface area contributed by atoms with Crippen molar-refractivity contribution < 1.29 is 37.3 Å². The molecular weight excluding hydrogens is 1190 g/mol. The van der Waals surface area contributed by atoms with Crippen LogP contribution < -0.4 is 18.9 Å². The van der Waals surface area contributed by atoms with Crippen LogP contribution in [0.2, 0.25) is 0 Å². The van der Waals surface area contributed by atoms with Crippen molar-refractivity contribution in [2.45, 2.75) is 168 Å². The number of fused-ring (bicyclic) bond motifs is 2. The summed E-state index contributed by atoms with van der Waals surface area (Å²) < 4.78 is 55.7. The highest BCUT2D eigenvalue weighted by Crippen LogP contribution is 2.48. The monoisotopic (exact) mass is 1280 g/mol. The van der Waals surface area contributed by atoms with Gasteiger partial charge in [-0.05, 0) is 238 Å². The van der Waals surface area contributed by atoms with Gasteiger partial charge in [0.1, 0.15) is 11.5 Å². The van der Waals surface area contributed by atoms with Crippen molar-refractivity contribution in [1.82, 2.24) is 0 Å². The first-order chi connectivity index (χ1) is 47.0. The van der Waals surface area contributed by atoms with Crippen LogP contribution in [0.1, 0.15) is 200 Å². The molecule has 10 aromatic rings. The molecule has 0 saturated heterocycles. The predicted octanol–water partition coefficient (Wildman–Crippen LogP) is 25.1. The molecule has 0 aromatic heterocycles. The maximum Gasteiger partial charge on any atom is 0.343 e. The van der Waals surface area contributed by atoms with Gasteiger partial charge in [-0.3, -0.25) is 0 Å². The Kier molecular flexibility index (Phi) is 22.5. The Bertz CT molecular complexity index is 3980. The number of halogens is 2. The standard InChI is InChI=1S/C88H92F2O6/c1-5-9-11-13-53-93-81-49-43-73(57-79(81)89)67-33-37-69(38-34-67)87(91)95-83-51-45-75-55-71(65-29-25-63(26-30-65)61-21-17-59(15-7-3)18-22-61)41-47-77(75)85(83)86-78-48-42-72(66-31-27-64(28-32-66)62-23-19-60(16-8-4)20-24-62)56-76(78)46-52-84(86)96-88(92)70-39-35-68(36-40-70)74-44-50-82(80(90)58-74)94-54-14-12-10-6-2/h25-52,55-62H,5-24,53-54H2,1-4H3/t59-,60-,61-,62-. The van der Waals surface area contributed by atoms with Gasteiger partial charge in [-0.15, -0.1) is 0 Å². The van der Waals surface area contributed by atoms with Crippen molar-refractivity contribution in [2.24, 2.45) is 11.8 Å². The van der Waals surface area contributed by atoms with E-state index in [1.807, 2.05) is 36.4 Å². The molecule has 10 aromatic carbocycles. The zero-order valence-electron chi connectivity index (χ0n) is 56.5. The Morgan fingerprint density at radius 2 is 0.677 bits per heavy atom. The maximum absolute atomic E-state index is 15.4. The quantitative estimate of drug-likeness (QED) is 0.0290. The molecule has 8 heteroatoms. The van der Waals surface area contributed by atoms with Gasteiger partial charge in [0.15, 0.2) is 23.1 Å². The smallest absolute Gasteiger partial charge is 0.343 e. The van der Waals surface area contributed by atoms with E-state index in [0.717, 1.165) is 118 Å². The second-order valence-electron chi connectivity index (χ2n) is 27.0. The van der Waals surface area contributed by atoms with E-state index in [-0.39, 0.29) is 23.0 Å². The third kappa shape index (κ3) is 16.2. The van der Waals surface area contributed by atoms with Crippen LogP contribution >= 0.6 is 0 Å². The maximum atomic E-state index is 15.4. The molecule has 2 fully saturated rings. The van der Waals surface area contributed by atoms with Crippen molar-refractivity contribution in [3.05, 3.63) is 228 Å². The third-order valence-corrected chi connectivity index (χ3v) is 20.4. The number of rotatable bonds is 27. The number of carbonyl (C=O) groups excluding carboxylic acids is 2. The molecule has 12 rings (SSSR count). The summed E-state index contributed by atoms with van der Waals surface area (Å²) in [7, 11) is 0. The highest BCUT2D eigenvalue weighted by Gasteiger charge is 2.27. The largest absolute Gasteiger partial charge is 0.491 e. The van der Waals surface area contributed by atoms with E-state index >= 15 is 8.78 Å². The fraction of sp³-hybridized carbons (Fsp3) is 0.341. The predicted molar refractivity (Wildman–Crippen MR) is 390 cm³/mol. The van der Waals surface area contributed by atoms with E-state index in [1.54, 1.807) is 60.7 Å². The van der Waals surface area contributed by atoms with Crippen LogP contribution in [0.3, 0.4) is 0 Å². The lowest BCUT2D eigenvalue weighted by atomic mass is 9.77. The van der Waals surface area contributed by atoms with Gasteiger partial charge in [0.2, 0.25) is 0 Å². The number of ether oxygens (including phenoxy) is 4. The van der Waals surface area contributed by atoms with Crippen molar-refractivity contribution in [1.29, 1.82) is 0 Å². The number of benzene rings is 10. The molecular formula is C88H92F2O6. The summed E-state index contributed by atoms with van der Waals surface area (Å²) in [6.07, 6.45) is 23.5. The second-order valence-corrected chi connectivity index (χ2v) is 27.0. The first kappa shape index (κ1) is 67.1. The number of esters is 2. The van der Waals surface area contributed by atoms with E-state index < -0.39 is 23.6 Å². The molecule has 0 unspecified atom stereocenters. The van der Waals surface area contributed by atoms with Crippen LogP contribution in [0.4, 0.5) is 8.78 Å². The van der Waals surface area contributed by atoms with Gasteiger partial charge in [-0.2, -0.15) is 0 Å². The Balaban J connectivity index is 0.906. The van der Waals surface area contributed by atoms with E-state index in [4.69, 9.17) is 18.9 Å². The molecule has 2 aliphatic rings. The van der Waals surface area contributed by atoms with Gasteiger partial charge in [0.25, 0.3) is 0 Å². The van der Waals surface area contributed by atoms with Crippen molar-refractivity contribution >= 4 is 33.5 Å². The number of hydrogen-bond acceptors (Lipinski definition) is 6. The van der Waals surface area contributed by atoms with Gasteiger partial charge in [0, 0.05) is 11.1 Å². The summed E-state index contributed by atoms with van der Waals surface area (Å²) in [5.41, 5.74) is 11.6. The molecule has 2 saturated carbocycles. The van der Waals surface area contributed by atoms with Gasteiger partial charge in [0.05, 0.1) is 24.3 Å². The van der Waals surface area contributed by atoms with Gasteiger partial charge < -0.3 is 18.9 Å². The van der Waals surface area contributed by atoms with Gasteiger partial charge in [-0.25, -0.2) is 18.4 Å². The Morgan fingerprint density at radius 1 is 0.344 bits per heavy atom. The first-order valence-electron chi connectivity index (χ1n) is 35.9. The summed E-state index contributed by atoms with van der Waals surface area (Å²) in [4.78, 5) is 29.6. The normalized spacial score (nSPS) is 16.4. The van der Waals surface area contributed by atoms with Crippen molar-refractivity contribution in [2.75, 3.05) is 13.2 Å². The molecule has 0 spiro atoms. The Hall–Kier alpha value is -8.88. The number of unbranched alkanes of at least 4 members (excludes halogenated alkanes) is 6. The van der Waals surface area contributed by atoms with E-state index in [2.05, 4.69) is 113 Å². The van der Waals surface area contributed by atoms with E-state index in [9.17, 15) is 9.59 Å². The van der Waals surface area contributed by atoms with Crippen LogP contribution in [0, 0.1) is 23.5 Å². The topological polar surface area (TPSA) is 71.1 Å². The Labute approximate surface area is 567 Å². The minimum atomic E-state index is -0.598. The zero-order valence-corrected chi connectivity index (χ0v) is 56.5. The van der Waals surface area contributed by atoms with E-state index in [0.29, 0.717) is 58.4 Å². The highest BCUT2D eigenvalue weighted by molar-refractivity contribution is 6.12.